The molecule has 0 unspecified atom stereocenters. The Bertz CT molecular complexity index is 538. The molecule has 0 atom stereocenters. The van der Waals surface area contributed by atoms with Crippen molar-refractivity contribution in [3.8, 4) is 5.75 Å². The predicted octanol–water partition coefficient (Wildman–Crippen LogP) is 2.39. The molecule has 0 bridgehead atoms. The standard InChI is InChI=1S/C15H15FO3/c16-14-7-13(9-18)5-6-15(14)19-10-12-3-1-11(8-17)2-4-12/h1-7,17-18H,8-10H2. The van der Waals surface area contributed by atoms with Gasteiger partial charge < -0.3 is 14.9 Å². The molecule has 19 heavy (non-hydrogen) atoms. The van der Waals surface area contributed by atoms with Crippen LogP contribution in [0.15, 0.2) is 42.5 Å². The van der Waals surface area contributed by atoms with Gasteiger partial charge >= 0.3 is 0 Å². The number of rotatable bonds is 5. The predicted molar refractivity (Wildman–Crippen MR) is 69.0 cm³/mol. The van der Waals surface area contributed by atoms with Crippen LogP contribution in [0, 0.1) is 5.82 Å². The van der Waals surface area contributed by atoms with Crippen molar-refractivity contribution in [2.24, 2.45) is 0 Å². The zero-order chi connectivity index (χ0) is 13.7. The fourth-order valence-corrected chi connectivity index (χ4v) is 1.66. The van der Waals surface area contributed by atoms with Crippen LogP contribution in [0.4, 0.5) is 4.39 Å². The molecule has 0 aliphatic carbocycles. The second-order valence-electron chi connectivity index (χ2n) is 4.19. The lowest BCUT2D eigenvalue weighted by atomic mass is 10.1. The minimum absolute atomic E-state index is 0.00160. The van der Waals surface area contributed by atoms with E-state index in [9.17, 15) is 4.39 Å². The summed E-state index contributed by atoms with van der Waals surface area (Å²) in [6.07, 6.45) is 0. The third-order valence-electron chi connectivity index (χ3n) is 2.78. The highest BCUT2D eigenvalue weighted by atomic mass is 19.1. The molecule has 100 valence electrons. The van der Waals surface area contributed by atoms with Crippen LogP contribution in [-0.4, -0.2) is 10.2 Å². The Morgan fingerprint density at radius 2 is 1.42 bits per heavy atom. The molecule has 2 N–H and O–H groups in total. The van der Waals surface area contributed by atoms with Gasteiger partial charge in [-0.3, -0.25) is 0 Å². The van der Waals surface area contributed by atoms with Gasteiger partial charge in [0.1, 0.15) is 6.61 Å². The number of aliphatic hydroxyl groups is 2. The zero-order valence-corrected chi connectivity index (χ0v) is 10.3. The molecule has 2 rings (SSSR count). The normalized spacial score (nSPS) is 10.5. The summed E-state index contributed by atoms with van der Waals surface area (Å²) in [6.45, 7) is 0.0549. The monoisotopic (exact) mass is 262 g/mol. The maximum atomic E-state index is 13.6. The molecule has 0 aromatic heterocycles. The summed E-state index contributed by atoms with van der Waals surface area (Å²) in [6, 6.07) is 11.6. The van der Waals surface area contributed by atoms with Crippen molar-refractivity contribution in [3.63, 3.8) is 0 Å². The van der Waals surface area contributed by atoms with Gasteiger partial charge in [0, 0.05) is 0 Å². The minimum Gasteiger partial charge on any atom is -0.486 e. The first kappa shape index (κ1) is 13.5. The summed E-state index contributed by atoms with van der Waals surface area (Å²) in [7, 11) is 0. The average Bonchev–Trinajstić information content (AvgIpc) is 2.46. The van der Waals surface area contributed by atoms with Crippen molar-refractivity contribution < 1.29 is 19.3 Å². The molecular weight excluding hydrogens is 247 g/mol. The molecule has 0 spiro atoms. The van der Waals surface area contributed by atoms with Crippen molar-refractivity contribution in [2.45, 2.75) is 19.8 Å². The van der Waals surface area contributed by atoms with Gasteiger partial charge in [-0.2, -0.15) is 0 Å². The van der Waals surface area contributed by atoms with Crippen molar-refractivity contribution in [1.82, 2.24) is 0 Å². The highest BCUT2D eigenvalue weighted by Gasteiger charge is 2.05. The average molecular weight is 262 g/mol. The Morgan fingerprint density at radius 1 is 0.842 bits per heavy atom. The van der Waals surface area contributed by atoms with Gasteiger partial charge in [0.15, 0.2) is 11.6 Å². The first-order valence-corrected chi connectivity index (χ1v) is 5.93. The molecule has 0 fully saturated rings. The lowest BCUT2D eigenvalue weighted by Gasteiger charge is -2.08. The van der Waals surface area contributed by atoms with Gasteiger partial charge in [0.05, 0.1) is 13.2 Å². The second kappa shape index (κ2) is 6.31. The summed E-state index contributed by atoms with van der Waals surface area (Å²) in [5, 5.41) is 17.8. The summed E-state index contributed by atoms with van der Waals surface area (Å²) in [4.78, 5) is 0. The molecule has 0 saturated heterocycles. The third-order valence-corrected chi connectivity index (χ3v) is 2.78. The van der Waals surface area contributed by atoms with Crippen molar-refractivity contribution in [1.29, 1.82) is 0 Å². The van der Waals surface area contributed by atoms with E-state index in [-0.39, 0.29) is 25.6 Å². The lowest BCUT2D eigenvalue weighted by molar-refractivity contribution is 0.276. The Morgan fingerprint density at radius 3 is 2.00 bits per heavy atom. The molecule has 4 heteroatoms. The van der Waals surface area contributed by atoms with Crippen LogP contribution in [0.25, 0.3) is 0 Å². The Labute approximate surface area is 110 Å². The summed E-state index contributed by atoms with van der Waals surface area (Å²) in [5.41, 5.74) is 2.22. The van der Waals surface area contributed by atoms with E-state index in [0.717, 1.165) is 11.1 Å². The maximum Gasteiger partial charge on any atom is 0.165 e. The van der Waals surface area contributed by atoms with E-state index in [0.29, 0.717) is 5.56 Å². The van der Waals surface area contributed by atoms with Gasteiger partial charge in [-0.15, -0.1) is 0 Å². The zero-order valence-electron chi connectivity index (χ0n) is 10.3. The Hall–Kier alpha value is -1.91. The summed E-state index contributed by atoms with van der Waals surface area (Å²) >= 11 is 0. The van der Waals surface area contributed by atoms with Crippen LogP contribution >= 0.6 is 0 Å². The Kier molecular flexibility index (Phi) is 4.49. The van der Waals surface area contributed by atoms with E-state index in [1.54, 1.807) is 18.2 Å². The van der Waals surface area contributed by atoms with E-state index in [1.165, 1.54) is 12.1 Å². The lowest BCUT2D eigenvalue weighted by Crippen LogP contribution is -1.98. The van der Waals surface area contributed by atoms with Gasteiger partial charge in [-0.05, 0) is 28.8 Å². The van der Waals surface area contributed by atoms with Crippen LogP contribution in [0.3, 0.4) is 0 Å². The quantitative estimate of drug-likeness (QED) is 0.869. The van der Waals surface area contributed by atoms with E-state index in [4.69, 9.17) is 14.9 Å². The first-order chi connectivity index (χ1) is 9.22. The topological polar surface area (TPSA) is 49.7 Å². The highest BCUT2D eigenvalue weighted by molar-refractivity contribution is 5.29. The number of hydrogen-bond acceptors (Lipinski definition) is 3. The SMILES string of the molecule is OCc1ccc(COc2ccc(CO)cc2F)cc1. The fraction of sp³-hybridized carbons (Fsp3) is 0.200. The molecule has 0 aliphatic heterocycles. The van der Waals surface area contributed by atoms with Crippen LogP contribution in [0.2, 0.25) is 0 Å². The van der Waals surface area contributed by atoms with Crippen LogP contribution < -0.4 is 4.74 Å². The van der Waals surface area contributed by atoms with Crippen LogP contribution in [0.5, 0.6) is 5.75 Å². The number of aliphatic hydroxyl groups excluding tert-OH is 2. The molecule has 0 amide bonds. The fourth-order valence-electron chi connectivity index (χ4n) is 1.66. The molecule has 0 heterocycles. The van der Waals surface area contributed by atoms with Crippen LogP contribution in [0.1, 0.15) is 16.7 Å². The van der Waals surface area contributed by atoms with E-state index in [1.807, 2.05) is 12.1 Å². The van der Waals surface area contributed by atoms with E-state index in [2.05, 4.69) is 0 Å². The molecular formula is C15H15FO3. The van der Waals surface area contributed by atoms with Crippen LogP contribution in [-0.2, 0) is 19.8 Å². The number of hydrogen-bond donors (Lipinski definition) is 2. The van der Waals surface area contributed by atoms with Gasteiger partial charge in [0.25, 0.3) is 0 Å². The molecule has 3 nitrogen and oxygen atoms in total. The van der Waals surface area contributed by atoms with E-state index >= 15 is 0 Å². The number of halogens is 1. The molecule has 2 aromatic carbocycles. The molecule has 0 saturated carbocycles. The molecule has 2 aromatic rings. The van der Waals surface area contributed by atoms with E-state index < -0.39 is 5.82 Å². The maximum absolute atomic E-state index is 13.6. The van der Waals surface area contributed by atoms with Crippen molar-refractivity contribution in [2.75, 3.05) is 0 Å². The highest BCUT2D eigenvalue weighted by Crippen LogP contribution is 2.19. The minimum atomic E-state index is -0.487. The van der Waals surface area contributed by atoms with Crippen molar-refractivity contribution >= 4 is 0 Å². The smallest absolute Gasteiger partial charge is 0.165 e. The summed E-state index contributed by atoms with van der Waals surface area (Å²) < 4.78 is 19.0. The molecule has 0 aliphatic rings. The van der Waals surface area contributed by atoms with Gasteiger partial charge in [-0.25, -0.2) is 4.39 Å². The Balaban J connectivity index is 2.01. The largest absolute Gasteiger partial charge is 0.486 e. The van der Waals surface area contributed by atoms with Gasteiger partial charge in [0.2, 0.25) is 0 Å². The molecule has 0 radical (unpaired) electrons. The van der Waals surface area contributed by atoms with Gasteiger partial charge in [-0.1, -0.05) is 30.3 Å². The third kappa shape index (κ3) is 3.53. The number of ether oxygens (including phenoxy) is 1. The first-order valence-electron chi connectivity index (χ1n) is 5.93. The second-order valence-corrected chi connectivity index (χ2v) is 4.19. The van der Waals surface area contributed by atoms with Crippen molar-refractivity contribution in [3.05, 3.63) is 65.0 Å². The number of benzene rings is 2. The summed E-state index contributed by atoms with van der Waals surface area (Å²) in [5.74, 6) is -0.332.